The van der Waals surface area contributed by atoms with Crippen LogP contribution in [-0.2, 0) is 0 Å². The van der Waals surface area contributed by atoms with Crippen molar-refractivity contribution in [3.05, 3.63) is 114 Å². The SMILES string of the molecule is C[C@@H]([NH2+][C@@H](C(=O)c1c[nH]c2ccccc12)c1ccccc1)c1ccc(-n2cncn2)cc1. The van der Waals surface area contributed by atoms with Crippen molar-refractivity contribution in [3.8, 4) is 5.69 Å². The van der Waals surface area contributed by atoms with Gasteiger partial charge in [-0.1, -0.05) is 60.7 Å². The van der Waals surface area contributed by atoms with Gasteiger partial charge in [0.1, 0.15) is 18.7 Å². The van der Waals surface area contributed by atoms with Crippen LogP contribution in [0.1, 0.15) is 40.5 Å². The molecule has 0 aliphatic heterocycles. The van der Waals surface area contributed by atoms with E-state index < -0.39 is 0 Å². The molecule has 3 N–H and O–H groups in total. The van der Waals surface area contributed by atoms with E-state index in [1.165, 1.54) is 6.33 Å². The van der Waals surface area contributed by atoms with E-state index >= 15 is 0 Å². The summed E-state index contributed by atoms with van der Waals surface area (Å²) in [4.78, 5) is 21.0. The smallest absolute Gasteiger partial charge is 0.226 e. The van der Waals surface area contributed by atoms with Crippen LogP contribution in [0.3, 0.4) is 0 Å². The molecule has 0 saturated heterocycles. The molecule has 0 bridgehead atoms. The second-order valence-electron chi connectivity index (χ2n) is 7.91. The van der Waals surface area contributed by atoms with Gasteiger partial charge in [0.15, 0.2) is 6.04 Å². The average molecular weight is 423 g/mol. The fraction of sp³-hybridized carbons (Fsp3) is 0.115. The van der Waals surface area contributed by atoms with E-state index in [-0.39, 0.29) is 17.9 Å². The first kappa shape index (κ1) is 19.9. The number of Topliss-reactive ketones (excluding diaryl/α,β-unsaturated/α-hetero) is 1. The van der Waals surface area contributed by atoms with Crippen molar-refractivity contribution in [2.24, 2.45) is 0 Å². The molecular formula is C26H24N5O+. The molecule has 0 spiro atoms. The van der Waals surface area contributed by atoms with E-state index in [2.05, 4.69) is 39.4 Å². The molecule has 2 atom stereocenters. The van der Waals surface area contributed by atoms with Crippen molar-refractivity contribution < 1.29 is 10.1 Å². The number of nitrogens with one attached hydrogen (secondary N) is 1. The Bertz CT molecular complexity index is 1320. The van der Waals surface area contributed by atoms with Crippen molar-refractivity contribution in [3.63, 3.8) is 0 Å². The van der Waals surface area contributed by atoms with Gasteiger partial charge in [0, 0.05) is 33.8 Å². The van der Waals surface area contributed by atoms with Gasteiger partial charge in [-0.05, 0) is 25.1 Å². The van der Waals surface area contributed by atoms with Crippen molar-refractivity contribution in [1.29, 1.82) is 0 Å². The Morgan fingerprint density at radius 1 is 0.938 bits per heavy atom. The Labute approximate surface area is 185 Å². The number of quaternary nitrogens is 1. The molecule has 0 aliphatic rings. The minimum absolute atomic E-state index is 0.0826. The van der Waals surface area contributed by atoms with Gasteiger partial charge in [-0.3, -0.25) is 4.79 Å². The number of H-pyrrole nitrogens is 1. The lowest BCUT2D eigenvalue weighted by atomic mass is 9.95. The molecule has 0 fully saturated rings. The van der Waals surface area contributed by atoms with Crippen LogP contribution in [0.2, 0.25) is 0 Å². The number of ketones is 1. The summed E-state index contributed by atoms with van der Waals surface area (Å²) in [5.74, 6) is 0.0970. The molecule has 0 aliphatic carbocycles. The van der Waals surface area contributed by atoms with Crippen LogP contribution in [0.5, 0.6) is 0 Å². The average Bonchev–Trinajstić information content (AvgIpc) is 3.53. The van der Waals surface area contributed by atoms with Gasteiger partial charge < -0.3 is 10.3 Å². The van der Waals surface area contributed by atoms with E-state index in [1.807, 2.05) is 72.9 Å². The number of carbonyl (C=O) groups is 1. The van der Waals surface area contributed by atoms with Crippen LogP contribution in [0.25, 0.3) is 16.6 Å². The van der Waals surface area contributed by atoms with Crippen LogP contribution in [0, 0.1) is 0 Å². The van der Waals surface area contributed by atoms with Gasteiger partial charge >= 0.3 is 0 Å². The Balaban J connectivity index is 1.44. The highest BCUT2D eigenvalue weighted by atomic mass is 16.1. The third-order valence-corrected chi connectivity index (χ3v) is 5.88. The van der Waals surface area contributed by atoms with Crippen molar-refractivity contribution in [1.82, 2.24) is 19.7 Å². The molecule has 5 aromatic rings. The number of rotatable bonds is 7. The van der Waals surface area contributed by atoms with Crippen LogP contribution in [-0.4, -0.2) is 25.5 Å². The molecular weight excluding hydrogens is 398 g/mol. The Morgan fingerprint density at radius 2 is 1.69 bits per heavy atom. The number of aromatic amines is 1. The summed E-state index contributed by atoms with van der Waals surface area (Å²) in [5, 5.41) is 7.27. The van der Waals surface area contributed by atoms with Gasteiger partial charge in [-0.25, -0.2) is 9.67 Å². The number of hydrogen-bond acceptors (Lipinski definition) is 3. The predicted molar refractivity (Wildman–Crippen MR) is 124 cm³/mol. The molecule has 158 valence electrons. The van der Waals surface area contributed by atoms with Crippen LogP contribution < -0.4 is 5.32 Å². The molecule has 5 rings (SSSR count). The monoisotopic (exact) mass is 422 g/mol. The second-order valence-corrected chi connectivity index (χ2v) is 7.91. The highest BCUT2D eigenvalue weighted by Gasteiger charge is 2.29. The van der Waals surface area contributed by atoms with Crippen molar-refractivity contribution in [2.75, 3.05) is 0 Å². The first-order chi connectivity index (χ1) is 15.7. The zero-order valence-corrected chi connectivity index (χ0v) is 17.7. The Morgan fingerprint density at radius 3 is 2.44 bits per heavy atom. The number of benzene rings is 3. The Kier molecular flexibility index (Phi) is 5.35. The highest BCUT2D eigenvalue weighted by molar-refractivity contribution is 6.09. The lowest BCUT2D eigenvalue weighted by Crippen LogP contribution is -2.87. The number of carbonyl (C=O) groups excluding carboxylic acids is 1. The van der Waals surface area contributed by atoms with Crippen LogP contribution in [0.15, 0.2) is 97.7 Å². The molecule has 3 aromatic carbocycles. The van der Waals surface area contributed by atoms with Crippen molar-refractivity contribution in [2.45, 2.75) is 19.0 Å². The van der Waals surface area contributed by atoms with E-state index in [0.717, 1.165) is 33.3 Å². The van der Waals surface area contributed by atoms with Gasteiger partial charge in [0.05, 0.1) is 5.69 Å². The maximum atomic E-state index is 13.7. The van der Waals surface area contributed by atoms with Crippen LogP contribution >= 0.6 is 0 Å². The van der Waals surface area contributed by atoms with E-state index in [1.54, 1.807) is 11.0 Å². The molecule has 2 aromatic heterocycles. The number of aromatic nitrogens is 4. The fourth-order valence-corrected chi connectivity index (χ4v) is 4.13. The van der Waals surface area contributed by atoms with Gasteiger partial charge in [0.2, 0.25) is 5.78 Å². The highest BCUT2D eigenvalue weighted by Crippen LogP contribution is 2.24. The normalized spacial score (nSPS) is 13.2. The maximum Gasteiger partial charge on any atom is 0.226 e. The number of para-hydroxylation sites is 1. The molecule has 6 heteroatoms. The topological polar surface area (TPSA) is 80.2 Å². The molecule has 0 unspecified atom stereocenters. The number of nitrogens with two attached hydrogens (primary N) is 1. The summed E-state index contributed by atoms with van der Waals surface area (Å²) < 4.78 is 1.73. The third kappa shape index (κ3) is 3.84. The first-order valence-corrected chi connectivity index (χ1v) is 10.7. The van der Waals surface area contributed by atoms with Gasteiger partial charge in [-0.15, -0.1) is 0 Å². The quantitative estimate of drug-likeness (QED) is 0.389. The largest absolute Gasteiger partial charge is 0.360 e. The predicted octanol–water partition coefficient (Wildman–Crippen LogP) is 4.00. The summed E-state index contributed by atoms with van der Waals surface area (Å²) in [6, 6.07) is 25.8. The minimum Gasteiger partial charge on any atom is -0.360 e. The molecule has 0 amide bonds. The van der Waals surface area contributed by atoms with Gasteiger partial charge in [-0.2, -0.15) is 5.10 Å². The summed E-state index contributed by atoms with van der Waals surface area (Å²) in [7, 11) is 0. The lowest BCUT2D eigenvalue weighted by Gasteiger charge is -2.20. The first-order valence-electron chi connectivity index (χ1n) is 10.7. The standard InChI is InChI=1S/C26H23N5O/c1-18(19-11-13-21(14-12-19)31-17-27-16-29-31)30-25(20-7-3-2-4-8-20)26(32)23-15-28-24-10-6-5-9-22(23)24/h2-18,25,28,30H,1H3/p+1/t18-,25-/m1/s1. The zero-order chi connectivity index (χ0) is 21.9. The minimum atomic E-state index is -0.347. The maximum absolute atomic E-state index is 13.7. The molecule has 2 heterocycles. The number of hydrogen-bond donors (Lipinski definition) is 2. The molecule has 0 radical (unpaired) electrons. The third-order valence-electron chi connectivity index (χ3n) is 5.88. The van der Waals surface area contributed by atoms with E-state index in [0.29, 0.717) is 0 Å². The fourth-order valence-electron chi connectivity index (χ4n) is 4.13. The second kappa shape index (κ2) is 8.61. The number of fused-ring (bicyclic) bond motifs is 1. The van der Waals surface area contributed by atoms with E-state index in [9.17, 15) is 4.79 Å². The summed E-state index contributed by atoms with van der Waals surface area (Å²) in [6.45, 7) is 2.13. The molecule has 6 nitrogen and oxygen atoms in total. The Hall–Kier alpha value is -4.03. The summed E-state index contributed by atoms with van der Waals surface area (Å²) in [5.41, 5.74) is 4.78. The van der Waals surface area contributed by atoms with Crippen molar-refractivity contribution >= 4 is 16.7 Å². The molecule has 32 heavy (non-hydrogen) atoms. The summed E-state index contributed by atoms with van der Waals surface area (Å²) >= 11 is 0. The van der Waals surface area contributed by atoms with E-state index in [4.69, 9.17) is 0 Å². The zero-order valence-electron chi connectivity index (χ0n) is 17.7. The van der Waals surface area contributed by atoms with Gasteiger partial charge in [0.25, 0.3) is 0 Å². The molecule has 0 saturated carbocycles. The lowest BCUT2D eigenvalue weighted by molar-refractivity contribution is -0.718. The summed E-state index contributed by atoms with van der Waals surface area (Å²) in [6.07, 6.45) is 5.02. The van der Waals surface area contributed by atoms with Crippen LogP contribution in [0.4, 0.5) is 0 Å². The number of nitrogens with zero attached hydrogens (tertiary/aromatic N) is 3.